The van der Waals surface area contributed by atoms with Gasteiger partial charge in [-0.15, -0.1) is 11.8 Å². The Bertz CT molecular complexity index is 519. The number of anilines is 1. The maximum Gasteiger partial charge on any atom is 0.147 e. The molecule has 2 rings (SSSR count). The van der Waals surface area contributed by atoms with E-state index in [0.29, 0.717) is 10.9 Å². The largest absolute Gasteiger partial charge is 0.398 e. The molecule has 1 aromatic carbocycles. The van der Waals surface area contributed by atoms with Crippen molar-refractivity contribution >= 4 is 45.0 Å². The standard InChI is InChI=1S/C11H9BrClN3S/c12-7-1-2-9(14)10(3-7)17-6-8-4-16-11(13)5-15-8/h1-5H,6,14H2. The first-order valence-corrected chi connectivity index (χ1v) is 6.95. The van der Waals surface area contributed by atoms with Gasteiger partial charge < -0.3 is 5.73 Å². The maximum absolute atomic E-state index is 5.88. The Morgan fingerprint density at radius 3 is 2.82 bits per heavy atom. The van der Waals surface area contributed by atoms with E-state index in [9.17, 15) is 0 Å². The van der Waals surface area contributed by atoms with Gasteiger partial charge in [0.25, 0.3) is 0 Å². The van der Waals surface area contributed by atoms with Crippen LogP contribution in [-0.2, 0) is 5.75 Å². The summed E-state index contributed by atoms with van der Waals surface area (Å²) in [6.45, 7) is 0. The summed E-state index contributed by atoms with van der Waals surface area (Å²) >= 11 is 10.7. The van der Waals surface area contributed by atoms with E-state index in [1.54, 1.807) is 24.2 Å². The Morgan fingerprint density at radius 2 is 2.12 bits per heavy atom. The third kappa shape index (κ3) is 3.59. The smallest absolute Gasteiger partial charge is 0.147 e. The van der Waals surface area contributed by atoms with Crippen LogP contribution in [-0.4, -0.2) is 9.97 Å². The summed E-state index contributed by atoms with van der Waals surface area (Å²) in [7, 11) is 0. The monoisotopic (exact) mass is 329 g/mol. The van der Waals surface area contributed by atoms with Crippen molar-refractivity contribution < 1.29 is 0 Å². The van der Waals surface area contributed by atoms with Crippen LogP contribution >= 0.6 is 39.3 Å². The number of nitrogen functional groups attached to an aromatic ring is 1. The average Bonchev–Trinajstić information content (AvgIpc) is 2.32. The van der Waals surface area contributed by atoms with Gasteiger partial charge in [-0.25, -0.2) is 4.98 Å². The molecule has 88 valence electrons. The van der Waals surface area contributed by atoms with Crippen LogP contribution in [0.15, 0.2) is 40.0 Å². The van der Waals surface area contributed by atoms with E-state index in [4.69, 9.17) is 17.3 Å². The highest BCUT2D eigenvalue weighted by atomic mass is 79.9. The fraction of sp³-hybridized carbons (Fsp3) is 0.0909. The summed E-state index contributed by atoms with van der Waals surface area (Å²) in [6, 6.07) is 5.78. The van der Waals surface area contributed by atoms with E-state index in [1.165, 1.54) is 0 Å². The first-order chi connectivity index (χ1) is 8.15. The molecular weight excluding hydrogens is 322 g/mol. The number of hydrogen-bond acceptors (Lipinski definition) is 4. The van der Waals surface area contributed by atoms with Crippen molar-refractivity contribution in [2.45, 2.75) is 10.6 Å². The predicted octanol–water partition coefficient (Wildman–Crippen LogP) is 3.77. The average molecular weight is 331 g/mol. The molecule has 0 unspecified atom stereocenters. The molecule has 2 aromatic rings. The quantitative estimate of drug-likeness (QED) is 0.687. The van der Waals surface area contributed by atoms with E-state index >= 15 is 0 Å². The van der Waals surface area contributed by atoms with Gasteiger partial charge in [-0.1, -0.05) is 27.5 Å². The topological polar surface area (TPSA) is 51.8 Å². The van der Waals surface area contributed by atoms with E-state index in [0.717, 1.165) is 20.7 Å². The zero-order valence-corrected chi connectivity index (χ0v) is 11.9. The van der Waals surface area contributed by atoms with E-state index in [2.05, 4.69) is 25.9 Å². The van der Waals surface area contributed by atoms with Crippen LogP contribution in [0.25, 0.3) is 0 Å². The highest BCUT2D eigenvalue weighted by Gasteiger charge is 2.03. The van der Waals surface area contributed by atoms with Crippen molar-refractivity contribution in [3.05, 3.63) is 45.9 Å². The number of hydrogen-bond donors (Lipinski definition) is 1. The van der Waals surface area contributed by atoms with Crippen LogP contribution in [0.4, 0.5) is 5.69 Å². The Morgan fingerprint density at radius 1 is 1.29 bits per heavy atom. The summed E-state index contributed by atoms with van der Waals surface area (Å²) in [4.78, 5) is 9.18. The number of rotatable bonds is 3. The van der Waals surface area contributed by atoms with Crippen LogP contribution in [0.3, 0.4) is 0 Å². The van der Waals surface area contributed by atoms with Crippen LogP contribution in [0.2, 0.25) is 5.15 Å². The molecule has 0 bridgehead atoms. The van der Waals surface area contributed by atoms with Crippen LogP contribution in [0.1, 0.15) is 5.69 Å². The molecule has 0 saturated heterocycles. The van der Waals surface area contributed by atoms with Crippen molar-refractivity contribution in [1.82, 2.24) is 9.97 Å². The molecule has 0 amide bonds. The van der Waals surface area contributed by atoms with Crippen molar-refractivity contribution in [1.29, 1.82) is 0 Å². The van der Waals surface area contributed by atoms with Gasteiger partial charge in [0.05, 0.1) is 18.1 Å². The summed E-state index contributed by atoms with van der Waals surface area (Å²) in [5.74, 6) is 0.713. The predicted molar refractivity (Wildman–Crippen MR) is 75.2 cm³/mol. The van der Waals surface area contributed by atoms with Gasteiger partial charge >= 0.3 is 0 Å². The second-order valence-electron chi connectivity index (χ2n) is 3.30. The fourth-order valence-electron chi connectivity index (χ4n) is 1.20. The van der Waals surface area contributed by atoms with Gasteiger partial charge in [0.1, 0.15) is 5.15 Å². The van der Waals surface area contributed by atoms with E-state index in [-0.39, 0.29) is 0 Å². The first-order valence-electron chi connectivity index (χ1n) is 4.79. The highest BCUT2D eigenvalue weighted by Crippen LogP contribution is 2.30. The van der Waals surface area contributed by atoms with Gasteiger partial charge in [0.2, 0.25) is 0 Å². The second-order valence-corrected chi connectivity index (χ2v) is 5.62. The van der Waals surface area contributed by atoms with Gasteiger partial charge in [-0.2, -0.15) is 0 Å². The van der Waals surface area contributed by atoms with Gasteiger partial charge in [0, 0.05) is 20.8 Å². The minimum atomic E-state index is 0.403. The van der Waals surface area contributed by atoms with E-state index < -0.39 is 0 Å². The lowest BCUT2D eigenvalue weighted by Crippen LogP contribution is -1.91. The molecule has 1 aromatic heterocycles. The molecule has 0 aliphatic heterocycles. The first kappa shape index (κ1) is 12.7. The minimum Gasteiger partial charge on any atom is -0.398 e. The fourth-order valence-corrected chi connectivity index (χ4v) is 2.71. The SMILES string of the molecule is Nc1ccc(Br)cc1SCc1cnc(Cl)cn1. The van der Waals surface area contributed by atoms with Crippen molar-refractivity contribution in [2.24, 2.45) is 0 Å². The van der Waals surface area contributed by atoms with Crippen LogP contribution < -0.4 is 5.73 Å². The zero-order chi connectivity index (χ0) is 12.3. The minimum absolute atomic E-state index is 0.403. The molecule has 17 heavy (non-hydrogen) atoms. The third-order valence-corrected chi connectivity index (χ3v) is 3.82. The Kier molecular flexibility index (Phi) is 4.25. The summed E-state index contributed by atoms with van der Waals surface area (Å²) in [5.41, 5.74) is 7.52. The van der Waals surface area contributed by atoms with Crippen LogP contribution in [0, 0.1) is 0 Å². The van der Waals surface area contributed by atoms with Crippen molar-refractivity contribution in [2.75, 3.05) is 5.73 Å². The zero-order valence-electron chi connectivity index (χ0n) is 8.73. The van der Waals surface area contributed by atoms with Gasteiger partial charge in [-0.3, -0.25) is 4.98 Å². The number of nitrogens with two attached hydrogens (primary N) is 1. The summed E-state index contributed by atoms with van der Waals surface area (Å²) in [6.07, 6.45) is 3.21. The molecule has 1 heterocycles. The van der Waals surface area contributed by atoms with E-state index in [1.807, 2.05) is 18.2 Å². The second kappa shape index (κ2) is 5.71. The Hall–Kier alpha value is -0.780. The lowest BCUT2D eigenvalue weighted by molar-refractivity contribution is 1.10. The number of halogens is 2. The molecule has 2 N–H and O–H groups in total. The molecule has 0 aliphatic rings. The van der Waals surface area contributed by atoms with Crippen molar-refractivity contribution in [3.8, 4) is 0 Å². The van der Waals surface area contributed by atoms with Crippen LogP contribution in [0.5, 0.6) is 0 Å². The maximum atomic E-state index is 5.88. The molecule has 0 radical (unpaired) electrons. The molecule has 0 saturated carbocycles. The number of aromatic nitrogens is 2. The summed E-state index contributed by atoms with van der Waals surface area (Å²) in [5, 5.41) is 0.403. The van der Waals surface area contributed by atoms with Crippen molar-refractivity contribution in [3.63, 3.8) is 0 Å². The molecule has 0 aliphatic carbocycles. The molecule has 6 heteroatoms. The lowest BCUT2D eigenvalue weighted by Gasteiger charge is -2.05. The summed E-state index contributed by atoms with van der Waals surface area (Å²) < 4.78 is 1.01. The molecule has 3 nitrogen and oxygen atoms in total. The molecule has 0 fully saturated rings. The lowest BCUT2D eigenvalue weighted by atomic mass is 10.3. The number of thioether (sulfide) groups is 1. The van der Waals surface area contributed by atoms with Gasteiger partial charge in [0.15, 0.2) is 0 Å². The third-order valence-electron chi connectivity index (χ3n) is 2.02. The Balaban J connectivity index is 2.07. The molecular formula is C11H9BrClN3S. The number of benzene rings is 1. The number of nitrogens with zero attached hydrogens (tertiary/aromatic N) is 2. The van der Waals surface area contributed by atoms with Gasteiger partial charge in [-0.05, 0) is 18.2 Å². The normalized spacial score (nSPS) is 10.5. The highest BCUT2D eigenvalue weighted by molar-refractivity contribution is 9.10. The Labute approximate surface area is 117 Å². The molecule has 0 spiro atoms. The molecule has 0 atom stereocenters.